The van der Waals surface area contributed by atoms with Gasteiger partial charge in [-0.1, -0.05) is 24.3 Å². The average Bonchev–Trinajstić information content (AvgIpc) is 2.52. The molecule has 1 aromatic carbocycles. The lowest BCUT2D eigenvalue weighted by Gasteiger charge is -2.19. The molecule has 6 nitrogen and oxygen atoms in total. The van der Waals surface area contributed by atoms with Crippen molar-refractivity contribution < 1.29 is 4.79 Å². The number of rotatable bonds is 5. The third kappa shape index (κ3) is 5.03. The number of amides is 2. The van der Waals surface area contributed by atoms with Gasteiger partial charge in [0.25, 0.3) is 0 Å². The highest BCUT2D eigenvalue weighted by molar-refractivity contribution is 5.88. The molecule has 0 saturated heterocycles. The van der Waals surface area contributed by atoms with Crippen LogP contribution >= 0.6 is 0 Å². The van der Waals surface area contributed by atoms with Gasteiger partial charge in [-0.3, -0.25) is 5.32 Å². The van der Waals surface area contributed by atoms with Gasteiger partial charge in [-0.05, 0) is 39.1 Å². The molecule has 6 heteroatoms. The third-order valence-corrected chi connectivity index (χ3v) is 3.61. The molecule has 128 valence electrons. The Hall–Kier alpha value is -2.47. The van der Waals surface area contributed by atoms with Crippen LogP contribution in [-0.4, -0.2) is 46.9 Å². The van der Waals surface area contributed by atoms with E-state index in [1.54, 1.807) is 25.1 Å². The second-order valence-electron chi connectivity index (χ2n) is 6.29. The van der Waals surface area contributed by atoms with Gasteiger partial charge in [-0.15, -0.1) is 0 Å². The van der Waals surface area contributed by atoms with Gasteiger partial charge in [0.05, 0.1) is 0 Å². The number of anilines is 1. The van der Waals surface area contributed by atoms with Gasteiger partial charge in [0.1, 0.15) is 11.6 Å². The number of aromatic nitrogens is 2. The Balaban J connectivity index is 1.97. The number of carbonyl (C=O) groups excluding carboxylic acids is 1. The molecule has 1 heterocycles. The lowest BCUT2D eigenvalue weighted by Crippen LogP contribution is -2.31. The number of benzene rings is 1. The number of hydrogen-bond acceptors (Lipinski definition) is 4. The Morgan fingerprint density at radius 3 is 2.21 bits per heavy atom. The zero-order valence-electron chi connectivity index (χ0n) is 15.0. The van der Waals surface area contributed by atoms with Crippen LogP contribution in [0.15, 0.2) is 30.5 Å². The first-order valence-corrected chi connectivity index (χ1v) is 7.90. The van der Waals surface area contributed by atoms with E-state index in [4.69, 9.17) is 0 Å². The predicted octanol–water partition coefficient (Wildman–Crippen LogP) is 2.82. The second kappa shape index (κ2) is 7.88. The first-order valence-electron chi connectivity index (χ1n) is 7.90. The number of hydrogen-bond donors (Lipinski definition) is 1. The van der Waals surface area contributed by atoms with Crippen LogP contribution in [0.25, 0.3) is 0 Å². The van der Waals surface area contributed by atoms with Gasteiger partial charge in [0.15, 0.2) is 0 Å². The highest BCUT2D eigenvalue weighted by atomic mass is 16.2. The van der Waals surface area contributed by atoms with Gasteiger partial charge in [-0.2, -0.15) is 0 Å². The molecule has 0 atom stereocenters. The fourth-order valence-electron chi connectivity index (χ4n) is 2.31. The van der Waals surface area contributed by atoms with E-state index in [2.05, 4.69) is 44.5 Å². The van der Waals surface area contributed by atoms with E-state index < -0.39 is 0 Å². The van der Waals surface area contributed by atoms with Crippen molar-refractivity contribution in [3.05, 3.63) is 53.0 Å². The normalized spacial score (nSPS) is 10.8. The lowest BCUT2D eigenvalue weighted by atomic mass is 10.1. The van der Waals surface area contributed by atoms with Crippen LogP contribution in [0.4, 0.5) is 10.6 Å². The van der Waals surface area contributed by atoms with E-state index in [0.717, 1.165) is 17.7 Å². The minimum atomic E-state index is -0.187. The van der Waals surface area contributed by atoms with Crippen molar-refractivity contribution in [1.82, 2.24) is 19.8 Å². The smallest absolute Gasteiger partial charge is 0.323 e. The maximum atomic E-state index is 12.3. The van der Waals surface area contributed by atoms with Gasteiger partial charge in [-0.25, -0.2) is 14.8 Å². The highest BCUT2D eigenvalue weighted by Crippen LogP contribution is 2.12. The summed E-state index contributed by atoms with van der Waals surface area (Å²) < 4.78 is 0. The van der Waals surface area contributed by atoms with Crippen LogP contribution in [0.5, 0.6) is 0 Å². The first-order chi connectivity index (χ1) is 11.3. The Bertz CT molecular complexity index is 697. The van der Waals surface area contributed by atoms with E-state index in [-0.39, 0.29) is 6.03 Å². The first kappa shape index (κ1) is 17.9. The summed E-state index contributed by atoms with van der Waals surface area (Å²) in [5.41, 5.74) is 3.18. The fourth-order valence-corrected chi connectivity index (χ4v) is 2.31. The molecule has 0 bridgehead atoms. The molecule has 1 aromatic heterocycles. The van der Waals surface area contributed by atoms with Crippen molar-refractivity contribution in [3.8, 4) is 0 Å². The van der Waals surface area contributed by atoms with Gasteiger partial charge < -0.3 is 9.80 Å². The van der Waals surface area contributed by atoms with Crippen molar-refractivity contribution in [2.75, 3.05) is 26.5 Å². The molecule has 0 aliphatic heterocycles. The molecule has 0 fully saturated rings. The number of aryl methyl sites for hydroxylation is 2. The minimum absolute atomic E-state index is 0.187. The quantitative estimate of drug-likeness (QED) is 0.917. The molecule has 0 aliphatic carbocycles. The third-order valence-electron chi connectivity index (χ3n) is 3.61. The van der Waals surface area contributed by atoms with E-state index in [1.807, 2.05) is 21.0 Å². The van der Waals surface area contributed by atoms with Gasteiger partial charge >= 0.3 is 6.03 Å². The van der Waals surface area contributed by atoms with Crippen molar-refractivity contribution in [2.45, 2.75) is 26.9 Å². The van der Waals surface area contributed by atoms with E-state index in [1.165, 1.54) is 5.56 Å². The molecule has 2 aromatic rings. The summed E-state index contributed by atoms with van der Waals surface area (Å²) in [6, 6.07) is 8.12. The number of carbonyl (C=O) groups is 1. The van der Waals surface area contributed by atoms with Crippen molar-refractivity contribution >= 4 is 11.8 Å². The molecular weight excluding hydrogens is 302 g/mol. The van der Waals surface area contributed by atoms with Crippen LogP contribution in [-0.2, 0) is 13.1 Å². The Morgan fingerprint density at radius 2 is 1.62 bits per heavy atom. The van der Waals surface area contributed by atoms with Crippen molar-refractivity contribution in [1.29, 1.82) is 0 Å². The molecule has 1 N–H and O–H groups in total. The summed E-state index contributed by atoms with van der Waals surface area (Å²) in [4.78, 5) is 24.5. The Labute approximate surface area is 143 Å². The highest BCUT2D eigenvalue weighted by Gasteiger charge is 2.12. The monoisotopic (exact) mass is 327 g/mol. The standard InChI is InChI=1S/C18H25N5O/c1-13-10-19-14(2)20-17(13)21-18(24)23(5)12-16-8-6-15(7-9-16)11-22(3)4/h6-10H,11-12H2,1-5H3,(H,19,20,21,24). The molecule has 2 amide bonds. The summed E-state index contributed by atoms with van der Waals surface area (Å²) in [7, 11) is 5.86. The van der Waals surface area contributed by atoms with E-state index >= 15 is 0 Å². The van der Waals surface area contributed by atoms with Crippen molar-refractivity contribution in [2.24, 2.45) is 0 Å². The summed E-state index contributed by atoms with van der Waals surface area (Å²) in [5, 5.41) is 2.84. The maximum Gasteiger partial charge on any atom is 0.323 e. The van der Waals surface area contributed by atoms with E-state index in [9.17, 15) is 4.79 Å². The van der Waals surface area contributed by atoms with Crippen LogP contribution in [0, 0.1) is 13.8 Å². The molecule has 0 unspecified atom stereocenters. The second-order valence-corrected chi connectivity index (χ2v) is 6.29. The van der Waals surface area contributed by atoms with Crippen LogP contribution in [0.1, 0.15) is 22.5 Å². The maximum absolute atomic E-state index is 12.3. The molecule has 24 heavy (non-hydrogen) atoms. The lowest BCUT2D eigenvalue weighted by molar-refractivity contribution is 0.220. The largest absolute Gasteiger partial charge is 0.323 e. The predicted molar refractivity (Wildman–Crippen MR) is 95.8 cm³/mol. The zero-order valence-corrected chi connectivity index (χ0v) is 15.0. The molecule has 0 saturated carbocycles. The number of nitrogens with one attached hydrogen (secondary N) is 1. The van der Waals surface area contributed by atoms with E-state index in [0.29, 0.717) is 18.2 Å². The summed E-state index contributed by atoms with van der Waals surface area (Å²) >= 11 is 0. The van der Waals surface area contributed by atoms with Crippen LogP contribution < -0.4 is 5.32 Å². The summed E-state index contributed by atoms with van der Waals surface area (Å²) in [6.07, 6.45) is 1.71. The average molecular weight is 327 g/mol. The Morgan fingerprint density at radius 1 is 1.04 bits per heavy atom. The topological polar surface area (TPSA) is 61.4 Å². The van der Waals surface area contributed by atoms with Crippen molar-refractivity contribution in [3.63, 3.8) is 0 Å². The van der Waals surface area contributed by atoms with Crippen LogP contribution in [0.3, 0.4) is 0 Å². The number of urea groups is 1. The minimum Gasteiger partial charge on any atom is -0.323 e. The van der Waals surface area contributed by atoms with Gasteiger partial charge in [0, 0.05) is 31.9 Å². The number of nitrogens with zero attached hydrogens (tertiary/aromatic N) is 4. The van der Waals surface area contributed by atoms with Gasteiger partial charge in [0.2, 0.25) is 0 Å². The SMILES string of the molecule is Cc1ncc(C)c(NC(=O)N(C)Cc2ccc(CN(C)C)cc2)n1. The van der Waals surface area contributed by atoms with Crippen LogP contribution in [0.2, 0.25) is 0 Å². The summed E-state index contributed by atoms with van der Waals surface area (Å²) in [6.45, 7) is 5.12. The molecule has 2 rings (SSSR count). The molecular formula is C18H25N5O. The zero-order chi connectivity index (χ0) is 17.7. The fraction of sp³-hybridized carbons (Fsp3) is 0.389. The molecule has 0 spiro atoms. The molecule has 0 aliphatic rings. The molecule has 0 radical (unpaired) electrons. The Kier molecular flexibility index (Phi) is 5.87. The summed E-state index contributed by atoms with van der Waals surface area (Å²) in [5.74, 6) is 1.19.